The summed E-state index contributed by atoms with van der Waals surface area (Å²) >= 11 is 0. The van der Waals surface area contributed by atoms with Crippen molar-refractivity contribution in [3.05, 3.63) is 77.6 Å². The van der Waals surface area contributed by atoms with Crippen molar-refractivity contribution < 1.29 is 19.1 Å². The number of rotatable bonds is 5. The molecule has 1 aromatic heterocycles. The molecule has 3 rings (SSSR count). The van der Waals surface area contributed by atoms with Crippen LogP contribution in [0.2, 0.25) is 0 Å². The summed E-state index contributed by atoms with van der Waals surface area (Å²) in [6.07, 6.45) is 0. The van der Waals surface area contributed by atoms with Crippen LogP contribution in [0.25, 0.3) is 5.69 Å². The second-order valence-corrected chi connectivity index (χ2v) is 7.53. The Hall–Kier alpha value is -3.94. The number of ether oxygens (including phenoxy) is 1. The summed E-state index contributed by atoms with van der Waals surface area (Å²) in [5.41, 5.74) is 5.87. The predicted octanol–water partition coefficient (Wildman–Crippen LogP) is 3.18. The Labute approximate surface area is 173 Å². The number of hydrogen-bond donors (Lipinski definition) is 2. The van der Waals surface area contributed by atoms with Gasteiger partial charge >= 0.3 is 5.97 Å². The van der Waals surface area contributed by atoms with Crippen molar-refractivity contribution in [2.75, 3.05) is 5.32 Å². The topological polar surface area (TPSA) is 116 Å². The maximum Gasteiger partial charge on any atom is 0.340 e. The quantitative estimate of drug-likeness (QED) is 0.631. The van der Waals surface area contributed by atoms with Crippen molar-refractivity contribution in [2.24, 2.45) is 5.73 Å². The number of para-hydroxylation sites is 2. The van der Waals surface area contributed by atoms with Crippen molar-refractivity contribution in [2.45, 2.75) is 26.4 Å². The Morgan fingerprint density at radius 2 is 1.63 bits per heavy atom. The Balaban J connectivity index is 1.91. The molecular formula is C22H22N4O4. The van der Waals surface area contributed by atoms with Gasteiger partial charge in [-0.15, -0.1) is 0 Å². The molecule has 0 atom stereocenters. The third kappa shape index (κ3) is 4.72. The standard InChI is InChI=1S/C22H22N4O4/c1-22(2,3)30-21(29)15-11-7-8-12-16(15)24-20(28)17-13-18(19(23)27)26(25-17)14-9-5-4-6-10-14/h4-13H,1-3H3,(H2,23,27)(H,24,28). The lowest BCUT2D eigenvalue weighted by Gasteiger charge is -2.20. The van der Waals surface area contributed by atoms with E-state index in [1.54, 1.807) is 69.3 Å². The van der Waals surface area contributed by atoms with Gasteiger partial charge in [-0.1, -0.05) is 30.3 Å². The number of carbonyl (C=O) groups is 3. The number of nitrogens with zero attached hydrogens (tertiary/aromatic N) is 2. The van der Waals surface area contributed by atoms with E-state index in [0.717, 1.165) is 0 Å². The van der Waals surface area contributed by atoms with Crippen LogP contribution in [0.15, 0.2) is 60.7 Å². The average molecular weight is 406 g/mol. The molecule has 0 aliphatic carbocycles. The van der Waals surface area contributed by atoms with Gasteiger partial charge in [0.25, 0.3) is 11.8 Å². The number of primary amides is 1. The Kier molecular flexibility index (Phi) is 5.68. The fraction of sp³-hybridized carbons (Fsp3) is 0.182. The molecule has 0 saturated carbocycles. The summed E-state index contributed by atoms with van der Waals surface area (Å²) in [4.78, 5) is 37.1. The molecule has 3 aromatic rings. The van der Waals surface area contributed by atoms with E-state index in [1.165, 1.54) is 10.7 Å². The number of esters is 1. The lowest BCUT2D eigenvalue weighted by molar-refractivity contribution is 0.00706. The van der Waals surface area contributed by atoms with Gasteiger partial charge in [0.1, 0.15) is 11.3 Å². The number of hydrogen-bond acceptors (Lipinski definition) is 5. The summed E-state index contributed by atoms with van der Waals surface area (Å²) in [6, 6.07) is 16.6. The molecule has 1 heterocycles. The average Bonchev–Trinajstić information content (AvgIpc) is 3.14. The zero-order valence-corrected chi connectivity index (χ0v) is 16.9. The van der Waals surface area contributed by atoms with Gasteiger partial charge in [0.05, 0.1) is 16.9 Å². The van der Waals surface area contributed by atoms with E-state index in [-0.39, 0.29) is 22.6 Å². The molecule has 0 fully saturated rings. The first-order valence-corrected chi connectivity index (χ1v) is 9.25. The number of amides is 2. The van der Waals surface area contributed by atoms with Crippen LogP contribution in [0.1, 0.15) is 52.1 Å². The molecule has 0 aliphatic heterocycles. The number of nitrogens with one attached hydrogen (secondary N) is 1. The Morgan fingerprint density at radius 1 is 1.00 bits per heavy atom. The molecule has 3 N–H and O–H groups in total. The lowest BCUT2D eigenvalue weighted by Crippen LogP contribution is -2.25. The first-order valence-electron chi connectivity index (χ1n) is 9.25. The van der Waals surface area contributed by atoms with Crippen LogP contribution < -0.4 is 11.1 Å². The van der Waals surface area contributed by atoms with E-state index in [2.05, 4.69) is 10.4 Å². The van der Waals surface area contributed by atoms with E-state index in [9.17, 15) is 14.4 Å². The first kappa shape index (κ1) is 20.8. The Bertz CT molecular complexity index is 1100. The van der Waals surface area contributed by atoms with Crippen molar-refractivity contribution in [1.82, 2.24) is 9.78 Å². The van der Waals surface area contributed by atoms with Gasteiger partial charge in [0, 0.05) is 6.07 Å². The van der Waals surface area contributed by atoms with E-state index in [1.807, 2.05) is 6.07 Å². The Morgan fingerprint density at radius 3 is 2.27 bits per heavy atom. The van der Waals surface area contributed by atoms with Gasteiger partial charge in [-0.25, -0.2) is 9.48 Å². The molecule has 0 spiro atoms. The fourth-order valence-corrected chi connectivity index (χ4v) is 2.72. The monoisotopic (exact) mass is 406 g/mol. The molecule has 0 unspecified atom stereocenters. The molecule has 8 heteroatoms. The van der Waals surface area contributed by atoms with Crippen molar-refractivity contribution in [1.29, 1.82) is 0 Å². The lowest BCUT2D eigenvalue weighted by atomic mass is 10.1. The molecule has 8 nitrogen and oxygen atoms in total. The molecule has 30 heavy (non-hydrogen) atoms. The highest BCUT2D eigenvalue weighted by Crippen LogP contribution is 2.21. The largest absolute Gasteiger partial charge is 0.456 e. The molecule has 2 aromatic carbocycles. The van der Waals surface area contributed by atoms with Gasteiger partial charge in [-0.05, 0) is 45.0 Å². The van der Waals surface area contributed by atoms with E-state index < -0.39 is 23.4 Å². The first-order chi connectivity index (χ1) is 14.2. The molecule has 2 amide bonds. The van der Waals surface area contributed by atoms with Crippen LogP contribution in [-0.4, -0.2) is 33.2 Å². The minimum absolute atomic E-state index is 0.0216. The van der Waals surface area contributed by atoms with Gasteiger partial charge in [0.15, 0.2) is 5.69 Å². The second kappa shape index (κ2) is 8.20. The smallest absolute Gasteiger partial charge is 0.340 e. The zero-order valence-electron chi connectivity index (χ0n) is 16.9. The van der Waals surface area contributed by atoms with Gasteiger partial charge in [-0.3, -0.25) is 9.59 Å². The van der Waals surface area contributed by atoms with E-state index in [0.29, 0.717) is 5.69 Å². The van der Waals surface area contributed by atoms with Crippen LogP contribution in [-0.2, 0) is 4.74 Å². The van der Waals surface area contributed by atoms with Crippen LogP contribution >= 0.6 is 0 Å². The molecule has 0 bridgehead atoms. The number of benzene rings is 2. The summed E-state index contributed by atoms with van der Waals surface area (Å²) in [5.74, 6) is -1.88. The minimum Gasteiger partial charge on any atom is -0.456 e. The van der Waals surface area contributed by atoms with Crippen LogP contribution in [0.4, 0.5) is 5.69 Å². The van der Waals surface area contributed by atoms with Gasteiger partial charge < -0.3 is 15.8 Å². The van der Waals surface area contributed by atoms with E-state index in [4.69, 9.17) is 10.5 Å². The van der Waals surface area contributed by atoms with Crippen LogP contribution in [0, 0.1) is 0 Å². The molecule has 0 radical (unpaired) electrons. The highest BCUT2D eigenvalue weighted by molar-refractivity contribution is 6.08. The third-order valence-electron chi connectivity index (χ3n) is 3.99. The van der Waals surface area contributed by atoms with Gasteiger partial charge in [-0.2, -0.15) is 5.10 Å². The number of anilines is 1. The van der Waals surface area contributed by atoms with Crippen molar-refractivity contribution in [3.63, 3.8) is 0 Å². The van der Waals surface area contributed by atoms with Gasteiger partial charge in [0.2, 0.25) is 0 Å². The van der Waals surface area contributed by atoms with Crippen molar-refractivity contribution in [3.8, 4) is 5.69 Å². The third-order valence-corrected chi connectivity index (χ3v) is 3.99. The molecule has 0 aliphatic rings. The normalized spacial score (nSPS) is 11.0. The predicted molar refractivity (Wildman–Crippen MR) is 112 cm³/mol. The van der Waals surface area contributed by atoms with E-state index >= 15 is 0 Å². The maximum absolute atomic E-state index is 12.8. The summed E-state index contributed by atoms with van der Waals surface area (Å²) < 4.78 is 6.70. The van der Waals surface area contributed by atoms with Crippen molar-refractivity contribution >= 4 is 23.5 Å². The minimum atomic E-state index is -0.723. The molecule has 0 saturated heterocycles. The SMILES string of the molecule is CC(C)(C)OC(=O)c1ccccc1NC(=O)c1cc(C(N)=O)n(-c2ccccc2)n1. The molecular weight excluding hydrogens is 384 g/mol. The highest BCUT2D eigenvalue weighted by Gasteiger charge is 2.23. The number of aromatic nitrogens is 2. The van der Waals surface area contributed by atoms with Crippen LogP contribution in [0.5, 0.6) is 0 Å². The zero-order chi connectivity index (χ0) is 21.9. The second-order valence-electron chi connectivity index (χ2n) is 7.53. The maximum atomic E-state index is 12.8. The van der Waals surface area contributed by atoms with Crippen LogP contribution in [0.3, 0.4) is 0 Å². The molecule has 154 valence electrons. The number of nitrogens with two attached hydrogens (primary N) is 1. The fourth-order valence-electron chi connectivity index (χ4n) is 2.72. The summed E-state index contributed by atoms with van der Waals surface area (Å²) in [7, 11) is 0. The highest BCUT2D eigenvalue weighted by atomic mass is 16.6. The summed E-state index contributed by atoms with van der Waals surface area (Å²) in [6.45, 7) is 5.27. The number of carbonyl (C=O) groups excluding carboxylic acids is 3. The summed E-state index contributed by atoms with van der Waals surface area (Å²) in [5, 5.41) is 6.88.